The Morgan fingerprint density at radius 1 is 1.26 bits per heavy atom. The van der Waals surface area contributed by atoms with Crippen LogP contribution in [0.15, 0.2) is 36.5 Å². The third kappa shape index (κ3) is 3.65. The zero-order valence-electron chi connectivity index (χ0n) is 12.8. The SMILES string of the molecule is CN1CCN(C(=O)Nc2cn(Cc3ccccc3)nn2)CC1=O. The van der Waals surface area contributed by atoms with E-state index in [9.17, 15) is 9.59 Å². The second kappa shape index (κ2) is 6.47. The molecule has 0 unspecified atom stereocenters. The maximum atomic E-state index is 12.2. The minimum atomic E-state index is -0.335. The molecule has 1 aliphatic heterocycles. The number of rotatable bonds is 3. The predicted molar refractivity (Wildman–Crippen MR) is 83.8 cm³/mol. The smallest absolute Gasteiger partial charge is 0.323 e. The highest BCUT2D eigenvalue weighted by molar-refractivity contribution is 5.92. The van der Waals surface area contributed by atoms with Gasteiger partial charge >= 0.3 is 6.03 Å². The summed E-state index contributed by atoms with van der Waals surface area (Å²) in [6.07, 6.45) is 1.67. The van der Waals surface area contributed by atoms with E-state index in [1.54, 1.807) is 22.8 Å². The molecule has 3 amide bonds. The molecule has 2 aromatic rings. The number of carbonyl (C=O) groups excluding carboxylic acids is 2. The number of anilines is 1. The van der Waals surface area contributed by atoms with Gasteiger partial charge in [-0.15, -0.1) is 5.10 Å². The Morgan fingerprint density at radius 3 is 2.78 bits per heavy atom. The number of amides is 3. The molecule has 1 saturated heterocycles. The number of carbonyl (C=O) groups is 2. The zero-order valence-corrected chi connectivity index (χ0v) is 12.8. The van der Waals surface area contributed by atoms with Gasteiger partial charge in [-0.2, -0.15) is 0 Å². The largest absolute Gasteiger partial charge is 0.342 e. The van der Waals surface area contributed by atoms with Crippen molar-refractivity contribution in [1.82, 2.24) is 24.8 Å². The van der Waals surface area contributed by atoms with Crippen LogP contribution in [0.25, 0.3) is 0 Å². The number of aromatic nitrogens is 3. The molecule has 0 bridgehead atoms. The molecule has 0 spiro atoms. The molecule has 8 nitrogen and oxygen atoms in total. The first kappa shape index (κ1) is 15.0. The third-order valence-corrected chi connectivity index (χ3v) is 3.71. The Kier molecular flexibility index (Phi) is 4.22. The lowest BCUT2D eigenvalue weighted by molar-refractivity contribution is -0.133. The summed E-state index contributed by atoms with van der Waals surface area (Å²) in [5.41, 5.74) is 1.10. The van der Waals surface area contributed by atoms with Crippen molar-refractivity contribution < 1.29 is 9.59 Å². The van der Waals surface area contributed by atoms with Gasteiger partial charge in [0.15, 0.2) is 5.82 Å². The predicted octanol–water partition coefficient (Wildman–Crippen LogP) is 0.632. The third-order valence-electron chi connectivity index (χ3n) is 3.71. The lowest BCUT2D eigenvalue weighted by atomic mass is 10.2. The standard InChI is InChI=1S/C15H18N6O2/c1-19-7-8-20(11-14(19)22)15(23)16-13-10-21(18-17-13)9-12-5-3-2-4-6-12/h2-6,10H,7-9,11H2,1H3,(H,16,23). The Hall–Kier alpha value is -2.90. The lowest BCUT2D eigenvalue weighted by Gasteiger charge is -2.31. The molecule has 0 aliphatic carbocycles. The second-order valence-corrected chi connectivity index (χ2v) is 5.45. The fourth-order valence-corrected chi connectivity index (χ4v) is 2.32. The number of benzene rings is 1. The summed E-state index contributed by atoms with van der Waals surface area (Å²) >= 11 is 0. The molecule has 1 aliphatic rings. The molecule has 3 rings (SSSR count). The van der Waals surface area contributed by atoms with Crippen LogP contribution in [0.2, 0.25) is 0 Å². The molecule has 120 valence electrons. The lowest BCUT2D eigenvalue weighted by Crippen LogP contribution is -2.51. The van der Waals surface area contributed by atoms with Crippen LogP contribution < -0.4 is 5.32 Å². The summed E-state index contributed by atoms with van der Waals surface area (Å²) in [6, 6.07) is 9.52. The maximum Gasteiger partial charge on any atom is 0.323 e. The van der Waals surface area contributed by atoms with Crippen LogP contribution in [-0.2, 0) is 11.3 Å². The molecule has 8 heteroatoms. The van der Waals surface area contributed by atoms with E-state index in [-0.39, 0.29) is 18.5 Å². The van der Waals surface area contributed by atoms with Crippen LogP contribution in [0, 0.1) is 0 Å². The molecule has 0 radical (unpaired) electrons. The molecular weight excluding hydrogens is 296 g/mol. The van der Waals surface area contributed by atoms with Crippen molar-refractivity contribution in [3.8, 4) is 0 Å². The van der Waals surface area contributed by atoms with Crippen LogP contribution in [0.3, 0.4) is 0 Å². The van der Waals surface area contributed by atoms with E-state index in [0.717, 1.165) is 5.56 Å². The molecule has 1 N–H and O–H groups in total. The van der Waals surface area contributed by atoms with Gasteiger partial charge in [0, 0.05) is 20.1 Å². The average molecular weight is 314 g/mol. The first-order valence-corrected chi connectivity index (χ1v) is 7.36. The topological polar surface area (TPSA) is 83.4 Å². The van der Waals surface area contributed by atoms with Crippen LogP contribution >= 0.6 is 0 Å². The van der Waals surface area contributed by atoms with Crippen LogP contribution in [0.1, 0.15) is 5.56 Å². The molecule has 1 fully saturated rings. The van der Waals surface area contributed by atoms with Gasteiger partial charge in [0.2, 0.25) is 5.91 Å². The highest BCUT2D eigenvalue weighted by Gasteiger charge is 2.25. The number of likely N-dealkylation sites (N-methyl/N-ethyl adjacent to an activating group) is 1. The summed E-state index contributed by atoms with van der Waals surface area (Å²) in [6.45, 7) is 1.70. The summed E-state index contributed by atoms with van der Waals surface area (Å²) in [7, 11) is 1.73. The highest BCUT2D eigenvalue weighted by atomic mass is 16.2. The van der Waals surface area contributed by atoms with E-state index in [1.807, 2.05) is 30.3 Å². The van der Waals surface area contributed by atoms with Gasteiger partial charge in [0.25, 0.3) is 0 Å². The Bertz CT molecular complexity index is 699. The minimum absolute atomic E-state index is 0.0702. The van der Waals surface area contributed by atoms with Gasteiger partial charge in [0.1, 0.15) is 6.54 Å². The van der Waals surface area contributed by atoms with Gasteiger partial charge < -0.3 is 9.80 Å². The molecule has 1 aromatic heterocycles. The molecular formula is C15H18N6O2. The second-order valence-electron chi connectivity index (χ2n) is 5.45. The molecule has 0 saturated carbocycles. The van der Waals surface area contributed by atoms with E-state index >= 15 is 0 Å². The number of nitrogens with zero attached hydrogens (tertiary/aromatic N) is 5. The Labute approximate surface area is 133 Å². The fraction of sp³-hybridized carbons (Fsp3) is 0.333. The minimum Gasteiger partial charge on any atom is -0.342 e. The van der Waals surface area contributed by atoms with Crippen molar-refractivity contribution in [1.29, 1.82) is 0 Å². The Balaban J connectivity index is 1.58. The van der Waals surface area contributed by atoms with E-state index < -0.39 is 0 Å². The molecule has 2 heterocycles. The monoisotopic (exact) mass is 314 g/mol. The highest BCUT2D eigenvalue weighted by Crippen LogP contribution is 2.08. The quantitative estimate of drug-likeness (QED) is 0.901. The first-order valence-electron chi connectivity index (χ1n) is 7.36. The van der Waals surface area contributed by atoms with Gasteiger partial charge in [-0.3, -0.25) is 10.1 Å². The van der Waals surface area contributed by atoms with E-state index in [4.69, 9.17) is 0 Å². The molecule has 1 aromatic carbocycles. The van der Waals surface area contributed by atoms with E-state index in [0.29, 0.717) is 25.5 Å². The van der Waals surface area contributed by atoms with Crippen molar-refractivity contribution in [3.63, 3.8) is 0 Å². The number of hydrogen-bond acceptors (Lipinski definition) is 4. The van der Waals surface area contributed by atoms with Crippen LogP contribution in [0.4, 0.5) is 10.6 Å². The number of urea groups is 1. The van der Waals surface area contributed by atoms with Crippen molar-refractivity contribution in [2.45, 2.75) is 6.54 Å². The summed E-state index contributed by atoms with van der Waals surface area (Å²) in [5, 5.41) is 10.6. The van der Waals surface area contributed by atoms with Gasteiger partial charge in [-0.05, 0) is 5.56 Å². The normalized spacial score (nSPS) is 14.9. The summed E-state index contributed by atoms with van der Waals surface area (Å²) in [5.74, 6) is 0.302. The van der Waals surface area contributed by atoms with Gasteiger partial charge in [0.05, 0.1) is 12.7 Å². The fourth-order valence-electron chi connectivity index (χ4n) is 2.32. The first-order chi connectivity index (χ1) is 11.1. The van der Waals surface area contributed by atoms with Crippen molar-refractivity contribution in [2.75, 3.05) is 32.0 Å². The van der Waals surface area contributed by atoms with E-state index in [1.165, 1.54) is 4.90 Å². The summed E-state index contributed by atoms with van der Waals surface area (Å²) in [4.78, 5) is 26.9. The summed E-state index contributed by atoms with van der Waals surface area (Å²) < 4.78 is 1.65. The van der Waals surface area contributed by atoms with Gasteiger partial charge in [-0.1, -0.05) is 35.5 Å². The number of piperazine rings is 1. The number of hydrogen-bond donors (Lipinski definition) is 1. The van der Waals surface area contributed by atoms with E-state index in [2.05, 4.69) is 15.6 Å². The molecule has 23 heavy (non-hydrogen) atoms. The van der Waals surface area contributed by atoms with Crippen LogP contribution in [-0.4, -0.2) is 63.4 Å². The van der Waals surface area contributed by atoms with Crippen molar-refractivity contribution >= 4 is 17.8 Å². The maximum absolute atomic E-state index is 12.2. The number of nitrogens with one attached hydrogen (secondary N) is 1. The zero-order chi connectivity index (χ0) is 16.2. The van der Waals surface area contributed by atoms with Crippen molar-refractivity contribution in [3.05, 3.63) is 42.1 Å². The Morgan fingerprint density at radius 2 is 2.04 bits per heavy atom. The average Bonchev–Trinajstić information content (AvgIpc) is 2.98. The molecule has 0 atom stereocenters. The van der Waals surface area contributed by atoms with Crippen LogP contribution in [0.5, 0.6) is 0 Å². The van der Waals surface area contributed by atoms with Crippen molar-refractivity contribution in [2.24, 2.45) is 0 Å². The van der Waals surface area contributed by atoms with Gasteiger partial charge in [-0.25, -0.2) is 9.48 Å².